The van der Waals surface area contributed by atoms with Crippen LogP contribution in [0.25, 0.3) is 28.0 Å². The average molecular weight is 435 g/mol. The summed E-state index contributed by atoms with van der Waals surface area (Å²) >= 11 is 0. The van der Waals surface area contributed by atoms with Gasteiger partial charge in [-0.3, -0.25) is 14.9 Å². The van der Waals surface area contributed by atoms with Crippen LogP contribution < -0.4 is 0 Å². The van der Waals surface area contributed by atoms with Crippen LogP contribution in [0.15, 0.2) is 73.1 Å². The van der Waals surface area contributed by atoms with E-state index in [-0.39, 0.29) is 5.91 Å². The van der Waals surface area contributed by atoms with Crippen LogP contribution in [0.5, 0.6) is 0 Å². The van der Waals surface area contributed by atoms with Crippen LogP contribution >= 0.6 is 0 Å². The fourth-order valence-corrected chi connectivity index (χ4v) is 4.40. The van der Waals surface area contributed by atoms with Crippen molar-refractivity contribution in [2.45, 2.75) is 19.4 Å². The molecule has 1 amide bonds. The molecule has 4 heterocycles. The number of aromatic amines is 1. The molecule has 5 aromatic rings. The number of carbonyl (C=O) groups excluding carboxylic acids is 1. The molecule has 0 radical (unpaired) electrons. The third-order valence-corrected chi connectivity index (χ3v) is 6.10. The van der Waals surface area contributed by atoms with Gasteiger partial charge in [-0.1, -0.05) is 29.5 Å². The number of pyridine rings is 1. The predicted molar refractivity (Wildman–Crippen MR) is 124 cm³/mol. The number of fused-ring (bicyclic) bond motifs is 2. The van der Waals surface area contributed by atoms with E-state index in [0.29, 0.717) is 19.5 Å². The first-order chi connectivity index (χ1) is 16.3. The zero-order valence-corrected chi connectivity index (χ0v) is 17.8. The summed E-state index contributed by atoms with van der Waals surface area (Å²) in [6.45, 7) is 1.23. The molecule has 8 heteroatoms. The summed E-state index contributed by atoms with van der Waals surface area (Å²) in [6.07, 6.45) is 4.61. The molecule has 0 unspecified atom stereocenters. The Morgan fingerprint density at radius 3 is 2.82 bits per heavy atom. The second-order valence-electron chi connectivity index (χ2n) is 8.17. The number of hydrogen-bond donors (Lipinski definition) is 1. The second-order valence-corrected chi connectivity index (χ2v) is 8.17. The van der Waals surface area contributed by atoms with Gasteiger partial charge in [-0.2, -0.15) is 5.10 Å². The molecule has 0 saturated carbocycles. The number of hydrogen-bond acceptors (Lipinski definition) is 5. The van der Waals surface area contributed by atoms with E-state index in [2.05, 4.69) is 25.5 Å². The predicted octanol–water partition coefficient (Wildman–Crippen LogP) is 3.33. The molecule has 3 aromatic heterocycles. The summed E-state index contributed by atoms with van der Waals surface area (Å²) in [5, 5.41) is 16.2. The smallest absolute Gasteiger partial charge is 0.227 e. The molecule has 0 bridgehead atoms. The van der Waals surface area contributed by atoms with Crippen LogP contribution in [-0.4, -0.2) is 47.5 Å². The highest BCUT2D eigenvalue weighted by molar-refractivity contribution is 5.80. The van der Waals surface area contributed by atoms with Gasteiger partial charge in [-0.15, -0.1) is 5.10 Å². The maximum absolute atomic E-state index is 13.2. The van der Waals surface area contributed by atoms with Gasteiger partial charge < -0.3 is 4.90 Å². The van der Waals surface area contributed by atoms with Crippen molar-refractivity contribution >= 4 is 16.9 Å². The molecule has 8 nitrogen and oxygen atoms in total. The monoisotopic (exact) mass is 435 g/mol. The van der Waals surface area contributed by atoms with Crippen LogP contribution in [0.3, 0.4) is 0 Å². The molecule has 0 aliphatic carbocycles. The molecule has 1 aliphatic rings. The maximum Gasteiger partial charge on any atom is 0.227 e. The van der Waals surface area contributed by atoms with Crippen molar-refractivity contribution in [2.75, 3.05) is 6.54 Å². The number of nitrogens with one attached hydrogen (secondary N) is 1. The molecule has 6 rings (SSSR count). The summed E-state index contributed by atoms with van der Waals surface area (Å²) in [7, 11) is 0. The second kappa shape index (κ2) is 7.98. The van der Waals surface area contributed by atoms with Gasteiger partial charge in [0.1, 0.15) is 5.52 Å². The average Bonchev–Trinajstić information content (AvgIpc) is 3.49. The van der Waals surface area contributed by atoms with Gasteiger partial charge in [0.05, 0.1) is 23.3 Å². The molecule has 1 aliphatic heterocycles. The number of rotatable bonds is 4. The van der Waals surface area contributed by atoms with Crippen LogP contribution in [0.4, 0.5) is 0 Å². The van der Waals surface area contributed by atoms with Gasteiger partial charge in [-0.25, -0.2) is 4.68 Å². The Balaban J connectivity index is 1.23. The van der Waals surface area contributed by atoms with Crippen LogP contribution in [0, 0.1) is 0 Å². The Morgan fingerprint density at radius 1 is 1.03 bits per heavy atom. The van der Waals surface area contributed by atoms with Gasteiger partial charge in [0, 0.05) is 48.7 Å². The molecule has 0 atom stereocenters. The molecular weight excluding hydrogens is 414 g/mol. The number of H-pyrrole nitrogens is 1. The molecule has 0 fully saturated rings. The first-order valence-electron chi connectivity index (χ1n) is 10.9. The molecule has 162 valence electrons. The van der Waals surface area contributed by atoms with Gasteiger partial charge in [0.15, 0.2) is 0 Å². The Kier molecular flexibility index (Phi) is 4.68. The Bertz CT molecular complexity index is 1450. The van der Waals surface area contributed by atoms with Gasteiger partial charge in [0.25, 0.3) is 0 Å². The fourth-order valence-electron chi connectivity index (χ4n) is 4.40. The first kappa shape index (κ1) is 19.4. The maximum atomic E-state index is 13.2. The minimum atomic E-state index is 0.100. The normalized spacial score (nSPS) is 13.3. The third-order valence-electron chi connectivity index (χ3n) is 6.10. The zero-order valence-electron chi connectivity index (χ0n) is 17.8. The summed E-state index contributed by atoms with van der Waals surface area (Å²) < 4.78 is 1.81. The minimum Gasteiger partial charge on any atom is -0.338 e. The van der Waals surface area contributed by atoms with Crippen LogP contribution in [-0.2, 0) is 24.2 Å². The van der Waals surface area contributed by atoms with E-state index in [1.54, 1.807) is 12.4 Å². The highest BCUT2D eigenvalue weighted by Gasteiger charge is 2.25. The number of carbonyl (C=O) groups is 1. The third kappa shape index (κ3) is 3.55. The zero-order chi connectivity index (χ0) is 22.2. The number of para-hydroxylation sites is 1. The van der Waals surface area contributed by atoms with Crippen molar-refractivity contribution in [3.8, 4) is 16.9 Å². The number of amides is 1. The summed E-state index contributed by atoms with van der Waals surface area (Å²) in [6, 6.07) is 19.7. The van der Waals surface area contributed by atoms with E-state index < -0.39 is 0 Å². The van der Waals surface area contributed by atoms with Crippen molar-refractivity contribution in [2.24, 2.45) is 0 Å². The van der Waals surface area contributed by atoms with Gasteiger partial charge >= 0.3 is 0 Å². The van der Waals surface area contributed by atoms with E-state index in [9.17, 15) is 4.79 Å². The highest BCUT2D eigenvalue weighted by Crippen LogP contribution is 2.28. The molecule has 0 spiro atoms. The first-order valence-corrected chi connectivity index (χ1v) is 10.9. The topological polar surface area (TPSA) is 92.6 Å². The lowest BCUT2D eigenvalue weighted by Crippen LogP contribution is -2.36. The molecule has 1 N–H and O–H groups in total. The Hall–Kier alpha value is -4.33. The van der Waals surface area contributed by atoms with Crippen molar-refractivity contribution in [3.05, 3.63) is 89.9 Å². The molecule has 0 saturated heterocycles. The molecular formula is C25H21N7O. The highest BCUT2D eigenvalue weighted by atomic mass is 16.2. The summed E-state index contributed by atoms with van der Waals surface area (Å²) in [5.74, 6) is 0.100. The quantitative estimate of drug-likeness (QED) is 0.467. The lowest BCUT2D eigenvalue weighted by Gasteiger charge is -2.27. The van der Waals surface area contributed by atoms with E-state index in [1.807, 2.05) is 70.2 Å². The molecule has 33 heavy (non-hydrogen) atoms. The van der Waals surface area contributed by atoms with Crippen LogP contribution in [0.2, 0.25) is 0 Å². The van der Waals surface area contributed by atoms with E-state index in [0.717, 1.165) is 51.2 Å². The summed E-state index contributed by atoms with van der Waals surface area (Å²) in [4.78, 5) is 19.2. The largest absolute Gasteiger partial charge is 0.338 e. The van der Waals surface area contributed by atoms with E-state index in [1.165, 1.54) is 0 Å². The van der Waals surface area contributed by atoms with Crippen molar-refractivity contribution < 1.29 is 4.79 Å². The van der Waals surface area contributed by atoms with Crippen molar-refractivity contribution in [1.29, 1.82) is 0 Å². The van der Waals surface area contributed by atoms with E-state index >= 15 is 0 Å². The Morgan fingerprint density at radius 2 is 1.91 bits per heavy atom. The number of nitrogens with zero attached hydrogens (tertiary/aromatic N) is 6. The van der Waals surface area contributed by atoms with Crippen molar-refractivity contribution in [3.63, 3.8) is 0 Å². The van der Waals surface area contributed by atoms with Crippen molar-refractivity contribution in [1.82, 2.24) is 35.1 Å². The van der Waals surface area contributed by atoms with Gasteiger partial charge in [-0.05, 0) is 42.0 Å². The standard InChI is InChI=1S/C25H21N7O/c33-24(31-13-10-21-20(16-31)25(29-27-21)18-8-11-26-12-9-18)15-17-4-3-5-19(14-17)32-23-7-2-1-6-22(23)28-30-32/h1-9,11-12,14H,10,13,15-16H2,(H,27,29). The number of benzene rings is 2. The van der Waals surface area contributed by atoms with Crippen LogP contribution in [0.1, 0.15) is 16.8 Å². The summed E-state index contributed by atoms with van der Waals surface area (Å²) in [5.41, 5.74) is 7.71. The Labute approximate surface area is 189 Å². The molecule has 2 aromatic carbocycles. The number of aromatic nitrogens is 6. The lowest BCUT2D eigenvalue weighted by molar-refractivity contribution is -0.131. The SMILES string of the molecule is O=C(Cc1cccc(-n2nnc3ccccc32)c1)N1CCc2[nH]nc(-c3ccncc3)c2C1. The lowest BCUT2D eigenvalue weighted by atomic mass is 10.0. The van der Waals surface area contributed by atoms with Gasteiger partial charge in [0.2, 0.25) is 5.91 Å². The van der Waals surface area contributed by atoms with E-state index in [4.69, 9.17) is 0 Å². The minimum absolute atomic E-state index is 0.100. The fraction of sp³-hybridized carbons (Fsp3) is 0.160.